The van der Waals surface area contributed by atoms with Gasteiger partial charge in [0.15, 0.2) is 0 Å². The van der Waals surface area contributed by atoms with Crippen LogP contribution in [-0.4, -0.2) is 16.1 Å². The van der Waals surface area contributed by atoms with Crippen molar-refractivity contribution in [3.05, 3.63) is 21.9 Å². The van der Waals surface area contributed by atoms with Crippen LogP contribution in [0.5, 0.6) is 0 Å². The fourth-order valence-corrected chi connectivity index (χ4v) is 1.09. The minimum atomic E-state index is -1.07. The van der Waals surface area contributed by atoms with E-state index in [9.17, 15) is 4.79 Å². The van der Waals surface area contributed by atoms with Crippen molar-refractivity contribution in [1.29, 1.82) is 0 Å². The van der Waals surface area contributed by atoms with E-state index in [0.29, 0.717) is 10.2 Å². The number of aryl methyl sites for hydroxylation is 1. The lowest BCUT2D eigenvalue weighted by molar-refractivity contribution is 0.0697. The third-order valence-corrected chi connectivity index (χ3v) is 2.46. The van der Waals surface area contributed by atoms with Crippen LogP contribution < -0.4 is 5.73 Å². The predicted molar refractivity (Wildman–Crippen MR) is 48.0 cm³/mol. The van der Waals surface area contributed by atoms with Gasteiger partial charge < -0.3 is 10.8 Å². The summed E-state index contributed by atoms with van der Waals surface area (Å²) in [7, 11) is 0. The summed E-state index contributed by atoms with van der Waals surface area (Å²) in [4.78, 5) is 14.4. The van der Waals surface area contributed by atoms with Gasteiger partial charge in [0, 0.05) is 6.20 Å². The lowest BCUT2D eigenvalue weighted by Crippen LogP contribution is -2.05. The Morgan fingerprint density at radius 3 is 2.83 bits per heavy atom. The summed E-state index contributed by atoms with van der Waals surface area (Å²) in [5.74, 6) is -1.07. The molecule has 0 saturated carbocycles. The largest absolute Gasteiger partial charge is 0.478 e. The van der Waals surface area contributed by atoms with E-state index in [4.69, 9.17) is 10.8 Å². The molecule has 64 valence electrons. The van der Waals surface area contributed by atoms with Crippen LogP contribution in [-0.2, 0) is 0 Å². The van der Waals surface area contributed by atoms with Gasteiger partial charge in [0.05, 0.1) is 15.9 Å². The average molecular weight is 231 g/mol. The van der Waals surface area contributed by atoms with Crippen molar-refractivity contribution >= 4 is 27.6 Å². The Morgan fingerprint density at radius 2 is 2.33 bits per heavy atom. The van der Waals surface area contributed by atoms with E-state index in [1.165, 1.54) is 6.20 Å². The van der Waals surface area contributed by atoms with Gasteiger partial charge in [-0.2, -0.15) is 0 Å². The van der Waals surface area contributed by atoms with E-state index < -0.39 is 5.97 Å². The van der Waals surface area contributed by atoms with Gasteiger partial charge in [-0.1, -0.05) is 0 Å². The van der Waals surface area contributed by atoms with Crippen LogP contribution in [0.3, 0.4) is 0 Å². The molecule has 0 aliphatic heterocycles. The lowest BCUT2D eigenvalue weighted by Gasteiger charge is -2.04. The maximum Gasteiger partial charge on any atom is 0.339 e. The Hall–Kier alpha value is -1.10. The molecule has 0 spiro atoms. The molecule has 0 fully saturated rings. The molecular formula is C7H7BrN2O2. The first kappa shape index (κ1) is 8.99. The average Bonchev–Trinajstić information content (AvgIpc) is 2.00. The summed E-state index contributed by atoms with van der Waals surface area (Å²) in [5, 5.41) is 8.64. The summed E-state index contributed by atoms with van der Waals surface area (Å²) >= 11 is 3.15. The molecule has 12 heavy (non-hydrogen) atoms. The number of aromatic carboxylic acids is 1. The number of carboxylic acid groups (broad SMARTS) is 1. The van der Waals surface area contributed by atoms with Crippen molar-refractivity contribution < 1.29 is 9.90 Å². The standard InChI is InChI=1S/C7H7BrN2O2/c1-3-5(8)6(9)4(2-10-3)7(11)12/h2H,1H3,(H2,9,10)(H,11,12). The molecule has 3 N–H and O–H groups in total. The summed E-state index contributed by atoms with van der Waals surface area (Å²) in [6.45, 7) is 1.74. The number of hydrogen-bond acceptors (Lipinski definition) is 3. The van der Waals surface area contributed by atoms with Gasteiger partial charge >= 0.3 is 5.97 Å². The highest BCUT2D eigenvalue weighted by molar-refractivity contribution is 9.10. The van der Waals surface area contributed by atoms with Crippen molar-refractivity contribution in [3.8, 4) is 0 Å². The maximum atomic E-state index is 10.5. The first-order valence-electron chi connectivity index (χ1n) is 3.18. The molecule has 4 nitrogen and oxygen atoms in total. The zero-order valence-corrected chi connectivity index (χ0v) is 7.92. The zero-order valence-electron chi connectivity index (χ0n) is 6.34. The monoisotopic (exact) mass is 230 g/mol. The van der Waals surface area contributed by atoms with Gasteiger partial charge in [-0.3, -0.25) is 4.98 Å². The smallest absolute Gasteiger partial charge is 0.339 e. The van der Waals surface area contributed by atoms with Crippen molar-refractivity contribution in [2.75, 3.05) is 5.73 Å². The molecule has 1 rings (SSSR count). The highest BCUT2D eigenvalue weighted by Gasteiger charge is 2.12. The van der Waals surface area contributed by atoms with E-state index >= 15 is 0 Å². The molecule has 0 unspecified atom stereocenters. The number of pyridine rings is 1. The van der Waals surface area contributed by atoms with Crippen LogP contribution in [0.4, 0.5) is 5.69 Å². The highest BCUT2D eigenvalue weighted by Crippen LogP contribution is 2.24. The number of aromatic nitrogens is 1. The minimum Gasteiger partial charge on any atom is -0.478 e. The zero-order chi connectivity index (χ0) is 9.30. The van der Waals surface area contributed by atoms with Crippen LogP contribution in [0, 0.1) is 6.92 Å². The van der Waals surface area contributed by atoms with Crippen LogP contribution >= 0.6 is 15.9 Å². The van der Waals surface area contributed by atoms with Crippen molar-refractivity contribution in [2.24, 2.45) is 0 Å². The normalized spacial score (nSPS) is 9.83. The minimum absolute atomic E-state index is 0.0208. The number of nitrogen functional groups attached to an aromatic ring is 1. The number of carboxylic acids is 1. The summed E-state index contributed by atoms with van der Waals surface area (Å²) in [6.07, 6.45) is 1.25. The van der Waals surface area contributed by atoms with Crippen LogP contribution in [0.25, 0.3) is 0 Å². The Morgan fingerprint density at radius 1 is 1.75 bits per heavy atom. The molecular weight excluding hydrogens is 224 g/mol. The second-order valence-electron chi connectivity index (χ2n) is 2.29. The van der Waals surface area contributed by atoms with Crippen molar-refractivity contribution in [2.45, 2.75) is 6.92 Å². The van der Waals surface area contributed by atoms with Gasteiger partial charge in [0.2, 0.25) is 0 Å². The topological polar surface area (TPSA) is 76.2 Å². The van der Waals surface area contributed by atoms with E-state index in [1.807, 2.05) is 0 Å². The first-order valence-corrected chi connectivity index (χ1v) is 3.97. The van der Waals surface area contributed by atoms with Gasteiger partial charge in [0.1, 0.15) is 5.56 Å². The van der Waals surface area contributed by atoms with Crippen molar-refractivity contribution in [3.63, 3.8) is 0 Å². The van der Waals surface area contributed by atoms with Gasteiger partial charge in [-0.25, -0.2) is 4.79 Å². The Kier molecular flexibility index (Phi) is 2.32. The molecule has 1 aromatic rings. The van der Waals surface area contributed by atoms with Gasteiger partial charge in [0.25, 0.3) is 0 Å². The highest BCUT2D eigenvalue weighted by atomic mass is 79.9. The summed E-state index contributed by atoms with van der Waals surface area (Å²) < 4.78 is 0.544. The summed E-state index contributed by atoms with van der Waals surface area (Å²) in [5.41, 5.74) is 6.43. The predicted octanol–water partition coefficient (Wildman–Crippen LogP) is 1.43. The number of rotatable bonds is 1. The molecule has 0 amide bonds. The maximum absolute atomic E-state index is 10.5. The third kappa shape index (κ3) is 1.40. The van der Waals surface area contributed by atoms with E-state index in [-0.39, 0.29) is 11.3 Å². The number of hydrogen-bond donors (Lipinski definition) is 2. The number of nitrogens with two attached hydrogens (primary N) is 1. The quantitative estimate of drug-likeness (QED) is 0.766. The molecule has 1 aromatic heterocycles. The van der Waals surface area contributed by atoms with Crippen LogP contribution in [0.1, 0.15) is 16.1 Å². The number of nitrogens with zero attached hydrogens (tertiary/aromatic N) is 1. The molecule has 0 radical (unpaired) electrons. The van der Waals surface area contributed by atoms with E-state index in [1.54, 1.807) is 6.92 Å². The van der Waals surface area contributed by atoms with Crippen LogP contribution in [0.2, 0.25) is 0 Å². The molecule has 5 heteroatoms. The number of halogens is 1. The Labute approximate surface area is 77.5 Å². The second-order valence-corrected chi connectivity index (χ2v) is 3.08. The number of carbonyl (C=O) groups is 1. The fourth-order valence-electron chi connectivity index (χ4n) is 0.771. The molecule has 0 bridgehead atoms. The molecule has 0 saturated heterocycles. The molecule has 0 atom stereocenters. The Bertz CT molecular complexity index is 338. The molecule has 0 aliphatic carbocycles. The molecule has 0 aromatic carbocycles. The lowest BCUT2D eigenvalue weighted by atomic mass is 10.2. The third-order valence-electron chi connectivity index (χ3n) is 1.46. The number of anilines is 1. The molecule has 0 aliphatic rings. The SMILES string of the molecule is Cc1ncc(C(=O)O)c(N)c1Br. The van der Waals surface area contributed by atoms with Crippen molar-refractivity contribution in [1.82, 2.24) is 4.98 Å². The second kappa shape index (κ2) is 3.10. The Balaban J connectivity index is 3.36. The van der Waals surface area contributed by atoms with E-state index in [2.05, 4.69) is 20.9 Å². The van der Waals surface area contributed by atoms with Gasteiger partial charge in [-0.15, -0.1) is 0 Å². The summed E-state index contributed by atoms with van der Waals surface area (Å²) in [6, 6.07) is 0. The van der Waals surface area contributed by atoms with Crippen LogP contribution in [0.15, 0.2) is 10.7 Å². The van der Waals surface area contributed by atoms with E-state index in [0.717, 1.165) is 0 Å². The molecule has 1 heterocycles. The van der Waals surface area contributed by atoms with Gasteiger partial charge in [-0.05, 0) is 22.9 Å². The first-order chi connectivity index (χ1) is 5.54. The fraction of sp³-hybridized carbons (Fsp3) is 0.143.